The summed E-state index contributed by atoms with van der Waals surface area (Å²) in [5.74, 6) is 0.585. The second-order valence-corrected chi connectivity index (χ2v) is 22.7. The van der Waals surface area contributed by atoms with Gasteiger partial charge >= 0.3 is 0 Å². The van der Waals surface area contributed by atoms with Crippen LogP contribution in [-0.4, -0.2) is 44.6 Å². The highest BCUT2D eigenvalue weighted by atomic mass is 28.4. The van der Waals surface area contributed by atoms with Crippen molar-refractivity contribution in [1.29, 1.82) is 0 Å². The summed E-state index contributed by atoms with van der Waals surface area (Å²) in [5.41, 5.74) is 7.64. The topological polar surface area (TPSA) is 72.5 Å². The molecular formula is C59H64O7Si. The van der Waals surface area contributed by atoms with Crippen LogP contribution in [-0.2, 0) is 62.8 Å². The normalized spacial score (nSPS) is 13.9. The van der Waals surface area contributed by atoms with E-state index in [9.17, 15) is 0 Å². The quantitative estimate of drug-likeness (QED) is 0.0418. The van der Waals surface area contributed by atoms with Crippen molar-refractivity contribution in [1.82, 2.24) is 0 Å². The summed E-state index contributed by atoms with van der Waals surface area (Å²) in [6, 6.07) is 64.3. The molecular weight excluding hydrogens is 849 g/mol. The zero-order valence-electron chi connectivity index (χ0n) is 39.5. The van der Waals surface area contributed by atoms with Crippen LogP contribution in [0.1, 0.15) is 61.8 Å². The molecule has 0 fully saturated rings. The number of Topliss-reactive ketones (excluding diaryl/α,β-unsaturated/α-hetero) is 1. The SMILES string of the molecule is Cc1ccc(C(=O)[C@H](OCc2ccccc2)[C@@H](OCc2ccccc2)[C@H](OCc2ccccc2)C(C)(COCc2ccccc2)O[Si](C)(C)C)cc1Cc1ccc(OCc2ccccc2)cc1. The van der Waals surface area contributed by atoms with Crippen LogP contribution < -0.4 is 4.74 Å². The first-order chi connectivity index (χ1) is 32.5. The van der Waals surface area contributed by atoms with Gasteiger partial charge in [-0.2, -0.15) is 0 Å². The van der Waals surface area contributed by atoms with Crippen LogP contribution in [0.2, 0.25) is 19.6 Å². The smallest absolute Gasteiger partial charge is 0.194 e. The Morgan fingerprint density at radius 1 is 0.522 bits per heavy atom. The van der Waals surface area contributed by atoms with Gasteiger partial charge in [-0.25, -0.2) is 0 Å². The van der Waals surface area contributed by atoms with Gasteiger partial charge in [0.1, 0.15) is 36.3 Å². The minimum absolute atomic E-state index is 0.168. The Balaban J connectivity index is 1.26. The van der Waals surface area contributed by atoms with Gasteiger partial charge in [0.05, 0.1) is 33.0 Å². The van der Waals surface area contributed by atoms with E-state index in [0.29, 0.717) is 25.2 Å². The molecule has 0 aromatic heterocycles. The van der Waals surface area contributed by atoms with Crippen molar-refractivity contribution in [3.8, 4) is 5.75 Å². The lowest BCUT2D eigenvalue weighted by atomic mass is 9.88. The lowest BCUT2D eigenvalue weighted by Crippen LogP contribution is -2.61. The fourth-order valence-corrected chi connectivity index (χ4v) is 9.79. The Labute approximate surface area is 398 Å². The maximum atomic E-state index is 15.6. The predicted octanol–water partition coefficient (Wildman–Crippen LogP) is 12.9. The van der Waals surface area contributed by atoms with Crippen molar-refractivity contribution < 1.29 is 32.9 Å². The van der Waals surface area contributed by atoms with E-state index in [1.807, 2.05) is 177 Å². The molecule has 0 aliphatic carbocycles. The van der Waals surface area contributed by atoms with Crippen LogP contribution >= 0.6 is 0 Å². The van der Waals surface area contributed by atoms with Crippen LogP contribution in [0, 0.1) is 6.92 Å². The first-order valence-electron chi connectivity index (χ1n) is 23.2. The predicted molar refractivity (Wildman–Crippen MR) is 270 cm³/mol. The number of hydrogen-bond acceptors (Lipinski definition) is 7. The zero-order chi connectivity index (χ0) is 46.9. The van der Waals surface area contributed by atoms with Gasteiger partial charge in [0, 0.05) is 5.56 Å². The number of hydrogen-bond donors (Lipinski definition) is 0. The van der Waals surface area contributed by atoms with Gasteiger partial charge in [0.25, 0.3) is 0 Å². The van der Waals surface area contributed by atoms with Crippen LogP contribution in [0.3, 0.4) is 0 Å². The molecule has 4 atom stereocenters. The van der Waals surface area contributed by atoms with E-state index in [0.717, 1.165) is 50.3 Å². The van der Waals surface area contributed by atoms with Crippen LogP contribution in [0.15, 0.2) is 194 Å². The molecule has 0 aliphatic heterocycles. The Morgan fingerprint density at radius 2 is 0.985 bits per heavy atom. The van der Waals surface area contributed by atoms with Gasteiger partial charge in [-0.15, -0.1) is 0 Å². The molecule has 1 unspecified atom stereocenters. The number of ketones is 1. The molecule has 0 N–H and O–H groups in total. The van der Waals surface area contributed by atoms with Crippen molar-refractivity contribution >= 4 is 14.1 Å². The molecule has 0 spiro atoms. The fourth-order valence-electron chi connectivity index (χ4n) is 8.22. The van der Waals surface area contributed by atoms with Gasteiger partial charge in [0.2, 0.25) is 0 Å². The summed E-state index contributed by atoms with van der Waals surface area (Å²) in [6.45, 7) is 12.2. The van der Waals surface area contributed by atoms with E-state index in [1.165, 1.54) is 0 Å². The van der Waals surface area contributed by atoms with Crippen molar-refractivity contribution in [2.24, 2.45) is 0 Å². The minimum atomic E-state index is -2.35. The Hall–Kier alpha value is -5.97. The second kappa shape index (κ2) is 24.2. The highest BCUT2D eigenvalue weighted by Gasteiger charge is 2.50. The molecule has 0 saturated carbocycles. The third-order valence-corrected chi connectivity index (χ3v) is 12.6. The second-order valence-electron chi connectivity index (χ2n) is 18.3. The first kappa shape index (κ1) is 48.9. The van der Waals surface area contributed by atoms with E-state index in [-0.39, 0.29) is 32.2 Å². The molecule has 0 radical (unpaired) electrons. The number of ether oxygens (including phenoxy) is 5. The van der Waals surface area contributed by atoms with E-state index in [2.05, 4.69) is 50.8 Å². The average molecular weight is 913 g/mol. The van der Waals surface area contributed by atoms with Crippen LogP contribution in [0.5, 0.6) is 5.75 Å². The number of rotatable bonds is 25. The van der Waals surface area contributed by atoms with E-state index >= 15 is 4.79 Å². The maximum absolute atomic E-state index is 15.6. The van der Waals surface area contributed by atoms with Gasteiger partial charge < -0.3 is 28.1 Å². The maximum Gasteiger partial charge on any atom is 0.194 e. The largest absolute Gasteiger partial charge is 0.489 e. The third-order valence-electron chi connectivity index (χ3n) is 11.5. The molecule has 0 bridgehead atoms. The molecule has 0 aliphatic rings. The number of carbonyl (C=O) groups excluding carboxylic acids is 1. The summed E-state index contributed by atoms with van der Waals surface area (Å²) in [7, 11) is -2.35. The van der Waals surface area contributed by atoms with Crippen molar-refractivity contribution in [2.75, 3.05) is 6.61 Å². The molecule has 8 heteroatoms. The summed E-state index contributed by atoms with van der Waals surface area (Å²) < 4.78 is 41.1. The Kier molecular flexibility index (Phi) is 17.7. The molecule has 7 aromatic rings. The number of benzene rings is 7. The van der Waals surface area contributed by atoms with Crippen LogP contribution in [0.25, 0.3) is 0 Å². The van der Waals surface area contributed by atoms with Gasteiger partial charge in [-0.3, -0.25) is 4.79 Å². The summed E-state index contributed by atoms with van der Waals surface area (Å²) in [4.78, 5) is 15.6. The van der Waals surface area contributed by atoms with Crippen molar-refractivity contribution in [2.45, 2.75) is 96.9 Å². The number of aryl methyl sites for hydroxylation is 1. The first-order valence-corrected chi connectivity index (χ1v) is 26.6. The zero-order valence-corrected chi connectivity index (χ0v) is 40.5. The van der Waals surface area contributed by atoms with E-state index in [1.54, 1.807) is 0 Å². The monoisotopic (exact) mass is 912 g/mol. The van der Waals surface area contributed by atoms with Crippen molar-refractivity contribution in [3.63, 3.8) is 0 Å². The lowest BCUT2D eigenvalue weighted by molar-refractivity contribution is -0.205. The average Bonchev–Trinajstić information content (AvgIpc) is 3.34. The van der Waals surface area contributed by atoms with E-state index in [4.69, 9.17) is 28.1 Å². The molecule has 7 nitrogen and oxygen atoms in total. The minimum Gasteiger partial charge on any atom is -0.489 e. The Bertz CT molecular complexity index is 2530. The molecule has 7 aromatic carbocycles. The fraction of sp³-hybridized carbons (Fsp3) is 0.271. The third kappa shape index (κ3) is 15.0. The molecule has 0 amide bonds. The molecule has 7 rings (SSSR count). The standard InChI is InChI=1S/C59H64O7Si/c1-45-31-34-52(38-53(45)37-46-32-35-54(36-33-46)62-40-48-23-13-7-14-24-48)55(60)56(63-41-49-25-15-8-16-26-49)57(64-42-50-27-17-9-18-28-50)58(65-43-51-29-19-10-20-30-51)59(2,66-67(3,4)5)44-61-39-47-21-11-6-12-22-47/h6-36,38,56-58H,37,39-44H2,1-5H3/t56-,57+,58-,59?/m0/s1. The van der Waals surface area contributed by atoms with Crippen molar-refractivity contribution in [3.05, 3.63) is 244 Å². The lowest BCUT2D eigenvalue weighted by Gasteiger charge is -2.46. The molecule has 0 heterocycles. The highest BCUT2D eigenvalue weighted by molar-refractivity contribution is 6.69. The molecule has 67 heavy (non-hydrogen) atoms. The van der Waals surface area contributed by atoms with Gasteiger partial charge in [0.15, 0.2) is 14.1 Å². The molecule has 346 valence electrons. The molecule has 0 saturated heterocycles. The summed E-state index contributed by atoms with van der Waals surface area (Å²) in [6.07, 6.45) is -2.31. The summed E-state index contributed by atoms with van der Waals surface area (Å²) in [5, 5.41) is 0. The highest BCUT2D eigenvalue weighted by Crippen LogP contribution is 2.34. The summed E-state index contributed by atoms with van der Waals surface area (Å²) >= 11 is 0. The van der Waals surface area contributed by atoms with Crippen LogP contribution in [0.4, 0.5) is 0 Å². The van der Waals surface area contributed by atoms with Gasteiger partial charge in [-0.05, 0) is 103 Å². The number of carbonyl (C=O) groups is 1. The van der Waals surface area contributed by atoms with Gasteiger partial charge in [-0.1, -0.05) is 176 Å². The van der Waals surface area contributed by atoms with E-state index < -0.39 is 32.2 Å². The Morgan fingerprint density at radius 3 is 1.49 bits per heavy atom.